The van der Waals surface area contributed by atoms with Crippen molar-refractivity contribution < 1.29 is 9.53 Å². The van der Waals surface area contributed by atoms with Crippen LogP contribution in [0.1, 0.15) is 34.0 Å². The smallest absolute Gasteiger partial charge is 0.265 e. The van der Waals surface area contributed by atoms with Crippen LogP contribution in [-0.2, 0) is 12.3 Å². The number of anilines is 1. The molecule has 0 aliphatic carbocycles. The molecule has 1 aromatic carbocycles. The second-order valence-corrected chi connectivity index (χ2v) is 5.90. The standard InChI is InChI=1S/C16H18ClNO2S/c1-3-13-6-8-15(21-13)16(19)18-12-5-7-14(20-4-2)11(9-12)10-17/h5-9H,3-4,10H2,1-2H3,(H,18,19). The van der Waals surface area contributed by atoms with Crippen molar-refractivity contribution in [2.45, 2.75) is 26.1 Å². The van der Waals surface area contributed by atoms with Crippen LogP contribution in [0.3, 0.4) is 0 Å². The van der Waals surface area contributed by atoms with Crippen LogP contribution in [0.25, 0.3) is 0 Å². The first-order chi connectivity index (χ1) is 10.2. The normalized spacial score (nSPS) is 10.4. The van der Waals surface area contributed by atoms with E-state index in [1.807, 2.05) is 37.3 Å². The quantitative estimate of drug-likeness (QED) is 0.782. The van der Waals surface area contributed by atoms with Gasteiger partial charge in [-0.1, -0.05) is 6.92 Å². The van der Waals surface area contributed by atoms with Crippen molar-refractivity contribution in [3.8, 4) is 5.75 Å². The van der Waals surface area contributed by atoms with Crippen molar-refractivity contribution in [1.82, 2.24) is 0 Å². The fourth-order valence-electron chi connectivity index (χ4n) is 1.94. The van der Waals surface area contributed by atoms with Gasteiger partial charge in [-0.15, -0.1) is 22.9 Å². The number of thiophene rings is 1. The molecule has 0 aliphatic heterocycles. The molecule has 1 N–H and O–H groups in total. The van der Waals surface area contributed by atoms with E-state index in [1.54, 1.807) is 0 Å². The van der Waals surface area contributed by atoms with Crippen LogP contribution in [0, 0.1) is 0 Å². The number of halogens is 1. The number of alkyl halides is 1. The van der Waals surface area contributed by atoms with Gasteiger partial charge < -0.3 is 10.1 Å². The van der Waals surface area contributed by atoms with E-state index in [-0.39, 0.29) is 5.91 Å². The average Bonchev–Trinajstić information content (AvgIpc) is 2.98. The third-order valence-corrected chi connectivity index (χ3v) is 4.51. The fourth-order valence-corrected chi connectivity index (χ4v) is 2.99. The monoisotopic (exact) mass is 323 g/mol. The number of hydrogen-bond donors (Lipinski definition) is 1. The molecule has 0 bridgehead atoms. The van der Waals surface area contributed by atoms with E-state index in [9.17, 15) is 4.79 Å². The van der Waals surface area contributed by atoms with Crippen LogP contribution in [0.15, 0.2) is 30.3 Å². The molecule has 0 aliphatic rings. The molecule has 0 radical (unpaired) electrons. The minimum atomic E-state index is -0.0932. The summed E-state index contributed by atoms with van der Waals surface area (Å²) in [5.74, 6) is 1.01. The van der Waals surface area contributed by atoms with E-state index in [1.165, 1.54) is 16.2 Å². The van der Waals surface area contributed by atoms with Crippen molar-refractivity contribution in [3.63, 3.8) is 0 Å². The number of ether oxygens (including phenoxy) is 1. The molecule has 0 saturated carbocycles. The molecule has 0 spiro atoms. The largest absolute Gasteiger partial charge is 0.494 e. The van der Waals surface area contributed by atoms with E-state index in [2.05, 4.69) is 12.2 Å². The Labute approximate surface area is 133 Å². The molecule has 5 heteroatoms. The number of benzene rings is 1. The van der Waals surface area contributed by atoms with Crippen LogP contribution >= 0.6 is 22.9 Å². The van der Waals surface area contributed by atoms with Crippen LogP contribution in [0.2, 0.25) is 0 Å². The van der Waals surface area contributed by atoms with Crippen molar-refractivity contribution in [1.29, 1.82) is 0 Å². The van der Waals surface area contributed by atoms with E-state index < -0.39 is 0 Å². The van der Waals surface area contributed by atoms with E-state index in [4.69, 9.17) is 16.3 Å². The lowest BCUT2D eigenvalue weighted by atomic mass is 10.2. The molecule has 3 nitrogen and oxygen atoms in total. The van der Waals surface area contributed by atoms with Gasteiger partial charge in [0.25, 0.3) is 5.91 Å². The highest BCUT2D eigenvalue weighted by Gasteiger charge is 2.11. The minimum Gasteiger partial charge on any atom is -0.494 e. The number of amides is 1. The van der Waals surface area contributed by atoms with Gasteiger partial charge in [-0.2, -0.15) is 0 Å². The molecule has 1 amide bonds. The highest BCUT2D eigenvalue weighted by Crippen LogP contribution is 2.25. The summed E-state index contributed by atoms with van der Waals surface area (Å²) >= 11 is 7.44. The maximum Gasteiger partial charge on any atom is 0.265 e. The van der Waals surface area contributed by atoms with Crippen LogP contribution < -0.4 is 10.1 Å². The molecule has 1 heterocycles. The summed E-state index contributed by atoms with van der Waals surface area (Å²) in [6.45, 7) is 4.59. The summed E-state index contributed by atoms with van der Waals surface area (Å²) in [5.41, 5.74) is 1.60. The van der Waals surface area contributed by atoms with Gasteiger partial charge in [0.1, 0.15) is 5.75 Å². The Bertz CT molecular complexity index is 624. The third-order valence-electron chi connectivity index (χ3n) is 3.00. The summed E-state index contributed by atoms with van der Waals surface area (Å²) in [7, 11) is 0. The molecule has 0 fully saturated rings. The topological polar surface area (TPSA) is 38.3 Å². The lowest BCUT2D eigenvalue weighted by Gasteiger charge is -2.10. The highest BCUT2D eigenvalue weighted by molar-refractivity contribution is 7.14. The van der Waals surface area contributed by atoms with E-state index in [0.29, 0.717) is 17.4 Å². The van der Waals surface area contributed by atoms with Crippen LogP contribution in [0.4, 0.5) is 5.69 Å². The molecular formula is C16H18ClNO2S. The second-order valence-electron chi connectivity index (χ2n) is 4.46. The first kappa shape index (κ1) is 15.9. The fraction of sp³-hybridized carbons (Fsp3) is 0.312. The molecule has 1 aromatic heterocycles. The predicted molar refractivity (Wildman–Crippen MR) is 88.8 cm³/mol. The minimum absolute atomic E-state index is 0.0932. The molecule has 112 valence electrons. The van der Waals surface area contributed by atoms with Gasteiger partial charge in [0, 0.05) is 16.1 Å². The number of nitrogens with one attached hydrogen (secondary N) is 1. The molecule has 0 saturated heterocycles. The van der Waals surface area contributed by atoms with Crippen molar-refractivity contribution in [3.05, 3.63) is 45.6 Å². The Hall–Kier alpha value is -1.52. The number of carbonyl (C=O) groups is 1. The third kappa shape index (κ3) is 3.99. The van der Waals surface area contributed by atoms with Crippen molar-refractivity contribution >= 4 is 34.5 Å². The Morgan fingerprint density at radius 3 is 2.71 bits per heavy atom. The van der Waals surface area contributed by atoms with Crippen LogP contribution in [0.5, 0.6) is 5.75 Å². The lowest BCUT2D eigenvalue weighted by Crippen LogP contribution is -2.10. The molecule has 0 unspecified atom stereocenters. The summed E-state index contributed by atoms with van der Waals surface area (Å²) in [4.78, 5) is 14.1. The lowest BCUT2D eigenvalue weighted by molar-refractivity contribution is 0.103. The Kier molecular flexibility index (Phi) is 5.65. The highest BCUT2D eigenvalue weighted by atomic mass is 35.5. The second kappa shape index (κ2) is 7.48. The zero-order valence-electron chi connectivity index (χ0n) is 12.1. The maximum absolute atomic E-state index is 12.2. The molecule has 0 atom stereocenters. The Balaban J connectivity index is 2.13. The van der Waals surface area contributed by atoms with Gasteiger partial charge in [-0.25, -0.2) is 0 Å². The first-order valence-electron chi connectivity index (χ1n) is 6.89. The first-order valence-corrected chi connectivity index (χ1v) is 8.24. The van der Waals surface area contributed by atoms with Gasteiger partial charge in [-0.05, 0) is 43.7 Å². The maximum atomic E-state index is 12.2. The molecular weight excluding hydrogens is 306 g/mol. The van der Waals surface area contributed by atoms with E-state index >= 15 is 0 Å². The molecule has 2 aromatic rings. The summed E-state index contributed by atoms with van der Waals surface area (Å²) in [6, 6.07) is 9.36. The number of carbonyl (C=O) groups excluding carboxylic acids is 1. The SMILES string of the molecule is CCOc1ccc(NC(=O)c2ccc(CC)s2)cc1CCl. The zero-order chi connectivity index (χ0) is 15.2. The molecule has 21 heavy (non-hydrogen) atoms. The van der Waals surface area contributed by atoms with Crippen molar-refractivity contribution in [2.24, 2.45) is 0 Å². The number of rotatable bonds is 6. The van der Waals surface area contributed by atoms with Gasteiger partial charge in [-0.3, -0.25) is 4.79 Å². The summed E-state index contributed by atoms with van der Waals surface area (Å²) in [5, 5.41) is 2.90. The number of aryl methyl sites for hydroxylation is 1. The van der Waals surface area contributed by atoms with Gasteiger partial charge in [0.2, 0.25) is 0 Å². The van der Waals surface area contributed by atoms with Crippen LogP contribution in [-0.4, -0.2) is 12.5 Å². The Morgan fingerprint density at radius 1 is 1.29 bits per heavy atom. The number of hydrogen-bond acceptors (Lipinski definition) is 3. The zero-order valence-corrected chi connectivity index (χ0v) is 13.7. The summed E-state index contributed by atoms with van der Waals surface area (Å²) < 4.78 is 5.50. The average molecular weight is 324 g/mol. The molecule has 2 rings (SSSR count). The van der Waals surface area contributed by atoms with E-state index in [0.717, 1.165) is 23.4 Å². The van der Waals surface area contributed by atoms with Gasteiger partial charge in [0.05, 0.1) is 17.4 Å². The summed E-state index contributed by atoms with van der Waals surface area (Å²) in [6.07, 6.45) is 0.942. The predicted octanol–water partition coefficient (Wildman–Crippen LogP) is 4.70. The Morgan fingerprint density at radius 2 is 2.10 bits per heavy atom. The van der Waals surface area contributed by atoms with Crippen molar-refractivity contribution in [2.75, 3.05) is 11.9 Å². The van der Waals surface area contributed by atoms with Gasteiger partial charge in [0.15, 0.2) is 0 Å². The van der Waals surface area contributed by atoms with Gasteiger partial charge >= 0.3 is 0 Å².